The molecule has 0 bridgehead atoms. The third kappa shape index (κ3) is 3.63. The molecule has 1 aliphatic heterocycles. The summed E-state index contributed by atoms with van der Waals surface area (Å²) in [4.78, 5) is 38.4. The minimum atomic E-state index is -0.391. The van der Waals surface area contributed by atoms with Crippen LogP contribution in [0.15, 0.2) is 29.2 Å². The smallest absolute Gasteiger partial charge is 0.336 e. The van der Waals surface area contributed by atoms with Crippen molar-refractivity contribution in [3.63, 3.8) is 0 Å². The maximum Gasteiger partial charge on any atom is 0.336 e. The van der Waals surface area contributed by atoms with Gasteiger partial charge < -0.3 is 14.9 Å². The van der Waals surface area contributed by atoms with E-state index in [2.05, 4.69) is 29.8 Å². The SMILES string of the molecule is Cc1cc(C)c(N2CCN(C(=O)c3ccc(-n4c(C)c(O)n(C)c4=O)nc3)CC2)nc1C. The van der Waals surface area contributed by atoms with Gasteiger partial charge in [0.1, 0.15) is 11.6 Å². The summed E-state index contributed by atoms with van der Waals surface area (Å²) in [6.45, 7) is 10.4. The van der Waals surface area contributed by atoms with Crippen LogP contribution < -0.4 is 10.6 Å². The first-order valence-electron chi connectivity index (χ1n) is 10.6. The van der Waals surface area contributed by atoms with Crippen molar-refractivity contribution in [1.29, 1.82) is 0 Å². The van der Waals surface area contributed by atoms with Crippen molar-refractivity contribution in [2.24, 2.45) is 7.05 Å². The van der Waals surface area contributed by atoms with E-state index >= 15 is 0 Å². The fraction of sp³-hybridized carbons (Fsp3) is 0.391. The maximum absolute atomic E-state index is 13.0. The number of pyridine rings is 2. The molecule has 1 saturated heterocycles. The van der Waals surface area contributed by atoms with Crippen LogP contribution in [0.1, 0.15) is 32.9 Å². The van der Waals surface area contributed by atoms with Crippen molar-refractivity contribution in [2.75, 3.05) is 31.1 Å². The fourth-order valence-electron chi connectivity index (χ4n) is 4.09. The average Bonchev–Trinajstić information content (AvgIpc) is 2.98. The Morgan fingerprint density at radius 3 is 2.28 bits per heavy atom. The Kier molecular flexibility index (Phi) is 5.50. The number of hydrogen-bond donors (Lipinski definition) is 1. The number of aromatic nitrogens is 4. The lowest BCUT2D eigenvalue weighted by atomic mass is 10.1. The molecule has 0 unspecified atom stereocenters. The van der Waals surface area contributed by atoms with Gasteiger partial charge in [0.25, 0.3) is 5.91 Å². The quantitative estimate of drug-likeness (QED) is 0.673. The summed E-state index contributed by atoms with van der Waals surface area (Å²) in [5.41, 5.74) is 3.82. The summed E-state index contributed by atoms with van der Waals surface area (Å²) in [5.74, 6) is 1.15. The van der Waals surface area contributed by atoms with Crippen LogP contribution in [0.25, 0.3) is 5.82 Å². The Morgan fingerprint density at radius 2 is 1.72 bits per heavy atom. The van der Waals surface area contributed by atoms with Gasteiger partial charge in [0.15, 0.2) is 0 Å². The molecule has 1 N–H and O–H groups in total. The van der Waals surface area contributed by atoms with E-state index in [1.54, 1.807) is 19.1 Å². The molecule has 0 atom stereocenters. The molecule has 0 spiro atoms. The summed E-state index contributed by atoms with van der Waals surface area (Å²) in [6, 6.07) is 5.45. The maximum atomic E-state index is 13.0. The number of piperazine rings is 1. The molecular formula is C23H28N6O3. The van der Waals surface area contributed by atoms with Gasteiger partial charge in [-0.05, 0) is 51.0 Å². The Bertz CT molecular complexity index is 1230. The van der Waals surface area contributed by atoms with Crippen LogP contribution in [0.5, 0.6) is 5.88 Å². The molecular weight excluding hydrogens is 408 g/mol. The Labute approximate surface area is 186 Å². The van der Waals surface area contributed by atoms with Crippen LogP contribution in [0, 0.1) is 27.7 Å². The van der Waals surface area contributed by atoms with E-state index in [4.69, 9.17) is 4.98 Å². The van der Waals surface area contributed by atoms with E-state index in [1.807, 2.05) is 11.8 Å². The van der Waals surface area contributed by atoms with Crippen LogP contribution in [0.2, 0.25) is 0 Å². The lowest BCUT2D eigenvalue weighted by Crippen LogP contribution is -2.49. The van der Waals surface area contributed by atoms with Crippen LogP contribution in [-0.4, -0.2) is 61.2 Å². The number of imidazole rings is 1. The first-order chi connectivity index (χ1) is 15.2. The highest BCUT2D eigenvalue weighted by Gasteiger charge is 2.24. The fourth-order valence-corrected chi connectivity index (χ4v) is 4.09. The summed E-state index contributed by atoms with van der Waals surface area (Å²) in [6.07, 6.45) is 1.48. The Hall–Kier alpha value is -3.62. The monoisotopic (exact) mass is 436 g/mol. The van der Waals surface area contributed by atoms with Gasteiger partial charge in [0, 0.05) is 45.1 Å². The number of carbonyl (C=O) groups is 1. The highest BCUT2D eigenvalue weighted by Crippen LogP contribution is 2.22. The molecule has 1 fully saturated rings. The molecule has 0 saturated carbocycles. The summed E-state index contributed by atoms with van der Waals surface area (Å²) in [5, 5.41) is 9.98. The number of aryl methyl sites for hydroxylation is 3. The largest absolute Gasteiger partial charge is 0.493 e. The van der Waals surface area contributed by atoms with Crippen molar-refractivity contribution in [1.82, 2.24) is 24.0 Å². The molecule has 0 radical (unpaired) electrons. The summed E-state index contributed by atoms with van der Waals surface area (Å²) in [7, 11) is 1.49. The number of anilines is 1. The van der Waals surface area contributed by atoms with E-state index in [-0.39, 0.29) is 11.8 Å². The van der Waals surface area contributed by atoms with Crippen molar-refractivity contribution in [3.8, 4) is 11.7 Å². The number of amides is 1. The van der Waals surface area contributed by atoms with E-state index in [9.17, 15) is 14.7 Å². The second-order valence-electron chi connectivity index (χ2n) is 8.30. The molecule has 0 aromatic carbocycles. The predicted molar refractivity (Wildman–Crippen MR) is 122 cm³/mol. The number of nitrogens with zero attached hydrogens (tertiary/aromatic N) is 6. The first-order valence-corrected chi connectivity index (χ1v) is 10.6. The third-order valence-electron chi connectivity index (χ3n) is 6.18. The lowest BCUT2D eigenvalue weighted by Gasteiger charge is -2.36. The number of carbonyl (C=O) groups excluding carboxylic acids is 1. The summed E-state index contributed by atoms with van der Waals surface area (Å²) >= 11 is 0. The normalized spacial score (nSPS) is 14.2. The van der Waals surface area contributed by atoms with Crippen molar-refractivity contribution >= 4 is 11.7 Å². The second-order valence-corrected chi connectivity index (χ2v) is 8.30. The molecule has 3 aromatic heterocycles. The average molecular weight is 437 g/mol. The predicted octanol–water partition coefficient (Wildman–Crippen LogP) is 1.87. The highest BCUT2D eigenvalue weighted by atomic mass is 16.3. The number of hydrogen-bond acceptors (Lipinski definition) is 6. The molecule has 4 heterocycles. The molecule has 1 amide bonds. The van der Waals surface area contributed by atoms with E-state index < -0.39 is 5.69 Å². The molecule has 9 nitrogen and oxygen atoms in total. The third-order valence-corrected chi connectivity index (χ3v) is 6.18. The molecule has 3 aromatic rings. The van der Waals surface area contributed by atoms with Crippen LogP contribution >= 0.6 is 0 Å². The second kappa shape index (κ2) is 8.14. The van der Waals surface area contributed by atoms with Gasteiger partial charge in [0.2, 0.25) is 5.88 Å². The van der Waals surface area contributed by atoms with Crippen LogP contribution in [0.3, 0.4) is 0 Å². The number of rotatable bonds is 3. The minimum absolute atomic E-state index is 0.0894. The van der Waals surface area contributed by atoms with Crippen molar-refractivity contribution in [3.05, 3.63) is 63.0 Å². The molecule has 0 aliphatic carbocycles. The van der Waals surface area contributed by atoms with Gasteiger partial charge in [-0.1, -0.05) is 6.07 Å². The van der Waals surface area contributed by atoms with Crippen LogP contribution in [0.4, 0.5) is 5.82 Å². The van der Waals surface area contributed by atoms with E-state index in [0.717, 1.165) is 21.6 Å². The van der Waals surface area contributed by atoms with E-state index in [0.29, 0.717) is 43.3 Å². The zero-order valence-electron chi connectivity index (χ0n) is 19.1. The van der Waals surface area contributed by atoms with Gasteiger partial charge >= 0.3 is 5.69 Å². The molecule has 1 aliphatic rings. The van der Waals surface area contributed by atoms with Gasteiger partial charge in [-0.15, -0.1) is 0 Å². The number of aromatic hydroxyl groups is 1. The van der Waals surface area contributed by atoms with Gasteiger partial charge in [-0.3, -0.25) is 9.36 Å². The molecule has 32 heavy (non-hydrogen) atoms. The standard InChI is InChI=1S/C23H28N6O3/c1-14-12-15(2)20(25-16(14)3)27-8-10-28(11-9-27)22(31)18-6-7-19(24-13-18)29-17(4)21(30)26(5)23(29)32/h6-7,12-13,30H,8-11H2,1-5H3. The van der Waals surface area contributed by atoms with Crippen LogP contribution in [-0.2, 0) is 7.05 Å². The van der Waals surface area contributed by atoms with Crippen molar-refractivity contribution < 1.29 is 9.90 Å². The summed E-state index contributed by atoms with van der Waals surface area (Å²) < 4.78 is 2.48. The van der Waals surface area contributed by atoms with Gasteiger partial charge in [-0.2, -0.15) is 0 Å². The first kappa shape index (κ1) is 21.6. The molecule has 9 heteroatoms. The topological polar surface area (TPSA) is 96.5 Å². The van der Waals surface area contributed by atoms with E-state index in [1.165, 1.54) is 23.4 Å². The van der Waals surface area contributed by atoms with Crippen molar-refractivity contribution in [2.45, 2.75) is 27.7 Å². The zero-order valence-corrected chi connectivity index (χ0v) is 19.1. The van der Waals surface area contributed by atoms with Gasteiger partial charge in [-0.25, -0.2) is 19.3 Å². The molecule has 4 rings (SSSR count). The lowest BCUT2D eigenvalue weighted by molar-refractivity contribution is 0.0746. The zero-order chi connectivity index (χ0) is 23.2. The van der Waals surface area contributed by atoms with Gasteiger partial charge in [0.05, 0.1) is 11.3 Å². The highest BCUT2D eigenvalue weighted by molar-refractivity contribution is 5.94. The molecule has 168 valence electrons. The Morgan fingerprint density at radius 1 is 1.03 bits per heavy atom. The Balaban J connectivity index is 1.47. The minimum Gasteiger partial charge on any atom is -0.493 e.